The van der Waals surface area contributed by atoms with E-state index in [-0.39, 0.29) is 31.1 Å². The van der Waals surface area contributed by atoms with Crippen molar-refractivity contribution in [2.45, 2.75) is 341 Å². The van der Waals surface area contributed by atoms with E-state index in [4.69, 9.17) is 14.2 Å². The molecule has 0 fully saturated rings. The quantitative estimate of drug-likeness (QED) is 0.0261. The van der Waals surface area contributed by atoms with Crippen LogP contribution in [0.2, 0.25) is 0 Å². The number of hydrogen-bond acceptors (Lipinski definition) is 6. The molecule has 0 bridgehead atoms. The number of rotatable bonds is 62. The first-order valence-electron chi connectivity index (χ1n) is 34.2. The molecule has 0 aromatic carbocycles. The molecule has 80 heavy (non-hydrogen) atoms. The average Bonchev–Trinajstić information content (AvgIpc) is 3.46. The Morgan fingerprint density at radius 1 is 0.263 bits per heavy atom. The monoisotopic (exact) mass is 1110 g/mol. The number of esters is 3. The van der Waals surface area contributed by atoms with Crippen molar-refractivity contribution >= 4 is 17.9 Å². The molecule has 0 spiro atoms. The molecule has 0 rings (SSSR count). The molecule has 0 aliphatic rings. The van der Waals surface area contributed by atoms with E-state index in [0.717, 1.165) is 116 Å². The summed E-state index contributed by atoms with van der Waals surface area (Å²) in [6.07, 6.45) is 91.6. The minimum Gasteiger partial charge on any atom is -0.462 e. The number of unbranched alkanes of at least 4 members (excludes halogenated alkanes) is 35. The summed E-state index contributed by atoms with van der Waals surface area (Å²) in [5.74, 6) is -0.940. The van der Waals surface area contributed by atoms with Gasteiger partial charge in [0.2, 0.25) is 0 Å². The van der Waals surface area contributed by atoms with Crippen LogP contribution in [0.15, 0.2) is 97.2 Å². The molecule has 0 aliphatic heterocycles. The van der Waals surface area contributed by atoms with E-state index in [1.807, 2.05) is 0 Å². The fourth-order valence-electron chi connectivity index (χ4n) is 9.67. The van der Waals surface area contributed by atoms with Gasteiger partial charge in [-0.05, 0) is 122 Å². The number of hydrogen-bond donors (Lipinski definition) is 0. The molecule has 0 saturated carbocycles. The largest absolute Gasteiger partial charge is 0.462 e. The van der Waals surface area contributed by atoms with E-state index in [1.54, 1.807) is 0 Å². The molecule has 0 N–H and O–H groups in total. The summed E-state index contributed by atoms with van der Waals surface area (Å²) in [4.78, 5) is 38.3. The van der Waals surface area contributed by atoms with E-state index in [2.05, 4.69) is 118 Å². The molecule has 0 aromatic rings. The first kappa shape index (κ1) is 76.3. The fraction of sp³-hybridized carbons (Fsp3) is 0.743. The standard InChI is InChI=1S/C74H128O6/c1-4-7-10-13-16-19-22-25-28-30-31-32-33-34-35-36-37-38-39-40-41-42-43-44-47-49-52-55-58-61-64-67-73(76)79-70-71(69-78-72(75)66-63-60-57-54-51-48-45-27-24-21-18-15-12-9-6-3)80-74(77)68-65-62-59-56-53-50-46-29-26-23-20-17-14-11-8-5-2/h9,12,18,20-23,25,27,29-31,45-46,51,54,71H,4-8,10-11,13-17,19,24,26,28,32-44,47-50,52-53,55-70H2,1-3H3/b12-9-,21-18-,23-20-,25-22-,31-30-,45-27-,46-29-,54-51-. The van der Waals surface area contributed by atoms with Crippen molar-refractivity contribution in [3.8, 4) is 0 Å². The van der Waals surface area contributed by atoms with Gasteiger partial charge >= 0.3 is 17.9 Å². The Kier molecular flexibility index (Phi) is 64.7. The Hall–Kier alpha value is -3.67. The molecule has 6 nitrogen and oxygen atoms in total. The number of ether oxygens (including phenoxy) is 3. The third-order valence-electron chi connectivity index (χ3n) is 14.8. The van der Waals surface area contributed by atoms with Crippen molar-refractivity contribution in [3.05, 3.63) is 97.2 Å². The second-order valence-electron chi connectivity index (χ2n) is 22.7. The van der Waals surface area contributed by atoms with Gasteiger partial charge in [0.25, 0.3) is 0 Å². The van der Waals surface area contributed by atoms with E-state index in [9.17, 15) is 14.4 Å². The third-order valence-corrected chi connectivity index (χ3v) is 14.8. The SMILES string of the molecule is CC/C=C\C/C=C\C/C=C\C/C=C\CCCCC(=O)OCC(COC(=O)CCCCCCCCCCCCCCCCCCCCC/C=C\C/C=C\CCCCCCC)OC(=O)CCCCCCC/C=C\C/C=C\CCCCCC. The van der Waals surface area contributed by atoms with Crippen molar-refractivity contribution in [1.82, 2.24) is 0 Å². The van der Waals surface area contributed by atoms with E-state index in [0.29, 0.717) is 19.3 Å². The van der Waals surface area contributed by atoms with E-state index >= 15 is 0 Å². The smallest absolute Gasteiger partial charge is 0.306 e. The number of allylic oxidation sites excluding steroid dienone is 16. The van der Waals surface area contributed by atoms with Crippen LogP contribution in [0.3, 0.4) is 0 Å². The van der Waals surface area contributed by atoms with Gasteiger partial charge < -0.3 is 14.2 Å². The Bertz CT molecular complexity index is 1560. The lowest BCUT2D eigenvalue weighted by Crippen LogP contribution is -2.30. The average molecular weight is 1110 g/mol. The minimum absolute atomic E-state index is 0.0945. The van der Waals surface area contributed by atoms with Crippen LogP contribution in [0.25, 0.3) is 0 Å². The zero-order valence-electron chi connectivity index (χ0n) is 52.8. The predicted molar refractivity (Wildman–Crippen MR) is 348 cm³/mol. The number of carbonyl (C=O) groups excluding carboxylic acids is 3. The van der Waals surface area contributed by atoms with E-state index in [1.165, 1.54) is 180 Å². The lowest BCUT2D eigenvalue weighted by atomic mass is 10.0. The highest BCUT2D eigenvalue weighted by molar-refractivity contribution is 5.71. The lowest BCUT2D eigenvalue weighted by Gasteiger charge is -2.18. The molecule has 0 amide bonds. The van der Waals surface area contributed by atoms with Crippen molar-refractivity contribution in [3.63, 3.8) is 0 Å². The molecule has 0 aliphatic carbocycles. The molecule has 0 heterocycles. The van der Waals surface area contributed by atoms with Crippen LogP contribution in [0.1, 0.15) is 335 Å². The van der Waals surface area contributed by atoms with E-state index < -0.39 is 6.10 Å². The Labute approximate surface area is 496 Å². The molecule has 6 heteroatoms. The maximum atomic E-state index is 12.9. The summed E-state index contributed by atoms with van der Waals surface area (Å²) in [6, 6.07) is 0. The molecule has 0 radical (unpaired) electrons. The Morgan fingerprint density at radius 2 is 0.487 bits per heavy atom. The summed E-state index contributed by atoms with van der Waals surface area (Å²) in [5.41, 5.74) is 0. The van der Waals surface area contributed by atoms with Crippen LogP contribution < -0.4 is 0 Å². The highest BCUT2D eigenvalue weighted by Crippen LogP contribution is 2.17. The van der Waals surface area contributed by atoms with Gasteiger partial charge in [0.05, 0.1) is 0 Å². The second-order valence-corrected chi connectivity index (χ2v) is 22.7. The molecule has 460 valence electrons. The van der Waals surface area contributed by atoms with Crippen molar-refractivity contribution in [1.29, 1.82) is 0 Å². The third kappa shape index (κ3) is 65.1. The minimum atomic E-state index is -0.803. The van der Waals surface area contributed by atoms with Crippen LogP contribution >= 0.6 is 0 Å². The van der Waals surface area contributed by atoms with Crippen molar-refractivity contribution < 1.29 is 28.6 Å². The highest BCUT2D eigenvalue weighted by Gasteiger charge is 2.19. The van der Waals surface area contributed by atoms with Gasteiger partial charge in [-0.3, -0.25) is 14.4 Å². The van der Waals surface area contributed by atoms with Gasteiger partial charge in [0, 0.05) is 19.3 Å². The lowest BCUT2D eigenvalue weighted by molar-refractivity contribution is -0.167. The Morgan fingerprint density at radius 3 is 0.800 bits per heavy atom. The van der Waals surface area contributed by atoms with Gasteiger partial charge in [-0.2, -0.15) is 0 Å². The second kappa shape index (κ2) is 67.8. The van der Waals surface area contributed by atoms with Gasteiger partial charge in [-0.15, -0.1) is 0 Å². The maximum absolute atomic E-state index is 12.9. The Balaban J connectivity index is 4.24. The van der Waals surface area contributed by atoms with Gasteiger partial charge in [-0.25, -0.2) is 0 Å². The molecule has 0 aromatic heterocycles. The first-order valence-corrected chi connectivity index (χ1v) is 34.2. The summed E-state index contributed by atoms with van der Waals surface area (Å²) < 4.78 is 16.9. The van der Waals surface area contributed by atoms with Gasteiger partial charge in [-0.1, -0.05) is 291 Å². The van der Waals surface area contributed by atoms with Crippen LogP contribution in [0.5, 0.6) is 0 Å². The van der Waals surface area contributed by atoms with Crippen LogP contribution in [-0.4, -0.2) is 37.2 Å². The first-order chi connectivity index (χ1) is 39.5. The fourth-order valence-corrected chi connectivity index (χ4v) is 9.67. The zero-order chi connectivity index (χ0) is 57.8. The normalized spacial score (nSPS) is 12.7. The van der Waals surface area contributed by atoms with Crippen molar-refractivity contribution in [2.24, 2.45) is 0 Å². The van der Waals surface area contributed by atoms with Crippen LogP contribution in [0.4, 0.5) is 0 Å². The summed E-state index contributed by atoms with van der Waals surface area (Å²) in [7, 11) is 0. The molecule has 1 unspecified atom stereocenters. The van der Waals surface area contributed by atoms with Gasteiger partial charge in [0.15, 0.2) is 6.10 Å². The van der Waals surface area contributed by atoms with Crippen LogP contribution in [-0.2, 0) is 28.6 Å². The van der Waals surface area contributed by atoms with Crippen LogP contribution in [0, 0.1) is 0 Å². The molecular weight excluding hydrogens is 985 g/mol. The molecular formula is C74H128O6. The molecule has 1 atom stereocenters. The summed E-state index contributed by atoms with van der Waals surface area (Å²) in [5, 5.41) is 0. The zero-order valence-corrected chi connectivity index (χ0v) is 52.8. The topological polar surface area (TPSA) is 78.9 Å². The summed E-state index contributed by atoms with van der Waals surface area (Å²) >= 11 is 0. The summed E-state index contributed by atoms with van der Waals surface area (Å²) in [6.45, 7) is 6.48. The number of carbonyl (C=O) groups is 3. The maximum Gasteiger partial charge on any atom is 0.306 e. The predicted octanol–water partition coefficient (Wildman–Crippen LogP) is 23.6. The van der Waals surface area contributed by atoms with Gasteiger partial charge in [0.1, 0.15) is 13.2 Å². The highest BCUT2D eigenvalue weighted by atomic mass is 16.6. The van der Waals surface area contributed by atoms with Crippen molar-refractivity contribution in [2.75, 3.05) is 13.2 Å². The molecule has 0 saturated heterocycles.